The first-order valence-electron chi connectivity index (χ1n) is 9.85. The molecule has 1 saturated heterocycles. The zero-order valence-corrected chi connectivity index (χ0v) is 17.8. The lowest BCUT2D eigenvalue weighted by atomic mass is 9.83. The number of aryl methyl sites for hydroxylation is 1. The SMILES string of the molecule is Cc1ccc(C2(C)NC(=O)N(CC(=O)/C=C3\N(C)c4ccccc4C3(C)C)C2=O)o1. The predicted molar refractivity (Wildman–Crippen MR) is 112 cm³/mol. The second-order valence-electron chi connectivity index (χ2n) is 8.55. The van der Waals surface area contributed by atoms with Crippen molar-refractivity contribution in [1.29, 1.82) is 0 Å². The molecular weight excluding hydrogens is 382 g/mol. The molecule has 3 amide bonds. The van der Waals surface area contributed by atoms with Crippen LogP contribution in [-0.2, 0) is 20.5 Å². The van der Waals surface area contributed by atoms with Crippen molar-refractivity contribution in [1.82, 2.24) is 10.2 Å². The van der Waals surface area contributed by atoms with Gasteiger partial charge in [-0.15, -0.1) is 0 Å². The summed E-state index contributed by atoms with van der Waals surface area (Å²) in [6.45, 7) is 7.12. The van der Waals surface area contributed by atoms with Crippen LogP contribution in [0.4, 0.5) is 10.5 Å². The van der Waals surface area contributed by atoms with E-state index in [0.29, 0.717) is 11.5 Å². The van der Waals surface area contributed by atoms with Crippen molar-refractivity contribution in [3.05, 3.63) is 65.3 Å². The highest BCUT2D eigenvalue weighted by Gasteiger charge is 2.51. The molecule has 1 unspecified atom stereocenters. The Kier molecular flexibility index (Phi) is 4.38. The number of carbonyl (C=O) groups is 3. The Labute approximate surface area is 175 Å². The van der Waals surface area contributed by atoms with E-state index in [-0.39, 0.29) is 17.7 Å². The number of rotatable bonds is 4. The summed E-state index contributed by atoms with van der Waals surface area (Å²) in [6.07, 6.45) is 1.53. The van der Waals surface area contributed by atoms with Gasteiger partial charge in [-0.1, -0.05) is 32.0 Å². The molecule has 0 spiro atoms. The number of fused-ring (bicyclic) bond motifs is 1. The number of furan rings is 1. The highest BCUT2D eigenvalue weighted by Crippen LogP contribution is 2.46. The van der Waals surface area contributed by atoms with Gasteiger partial charge in [0.05, 0.1) is 6.54 Å². The molecule has 0 bridgehead atoms. The van der Waals surface area contributed by atoms with Crippen LogP contribution < -0.4 is 10.2 Å². The number of carbonyl (C=O) groups excluding carboxylic acids is 3. The number of nitrogens with one attached hydrogen (secondary N) is 1. The summed E-state index contributed by atoms with van der Waals surface area (Å²) in [5, 5.41) is 2.66. The Bertz CT molecular complexity index is 1100. The van der Waals surface area contributed by atoms with Crippen molar-refractivity contribution in [3.63, 3.8) is 0 Å². The summed E-state index contributed by atoms with van der Waals surface area (Å²) in [5.74, 6) is 0.161. The predicted octanol–water partition coefficient (Wildman–Crippen LogP) is 3.24. The first-order chi connectivity index (χ1) is 14.1. The molecule has 1 aromatic carbocycles. The van der Waals surface area contributed by atoms with Crippen molar-refractivity contribution in [3.8, 4) is 0 Å². The Morgan fingerprint density at radius 1 is 1.13 bits per heavy atom. The molecule has 1 fully saturated rings. The number of amides is 3. The van der Waals surface area contributed by atoms with Gasteiger partial charge in [0, 0.05) is 29.9 Å². The molecule has 1 atom stereocenters. The number of hydrogen-bond donors (Lipinski definition) is 1. The molecule has 2 aliphatic heterocycles. The van der Waals surface area contributed by atoms with Gasteiger partial charge in [0.1, 0.15) is 11.5 Å². The third-order valence-corrected chi connectivity index (χ3v) is 6.06. The Morgan fingerprint density at radius 3 is 2.47 bits per heavy atom. The number of allylic oxidation sites excluding steroid dienone is 1. The van der Waals surface area contributed by atoms with Gasteiger partial charge >= 0.3 is 6.03 Å². The maximum Gasteiger partial charge on any atom is 0.325 e. The molecule has 1 N–H and O–H groups in total. The highest BCUT2D eigenvalue weighted by molar-refractivity contribution is 6.10. The van der Waals surface area contributed by atoms with Gasteiger partial charge in [0.2, 0.25) is 0 Å². The maximum absolute atomic E-state index is 13.0. The van der Waals surface area contributed by atoms with Crippen LogP contribution in [-0.4, -0.2) is 36.2 Å². The van der Waals surface area contributed by atoms with E-state index in [4.69, 9.17) is 4.42 Å². The lowest BCUT2D eigenvalue weighted by molar-refractivity contribution is -0.133. The van der Waals surface area contributed by atoms with Crippen LogP contribution in [0.2, 0.25) is 0 Å². The van der Waals surface area contributed by atoms with Crippen molar-refractivity contribution < 1.29 is 18.8 Å². The Hall–Kier alpha value is -3.35. The zero-order chi connectivity index (χ0) is 21.8. The van der Waals surface area contributed by atoms with Crippen molar-refractivity contribution >= 4 is 23.4 Å². The molecule has 1 aromatic heterocycles. The number of nitrogens with zero attached hydrogens (tertiary/aromatic N) is 2. The standard InChI is InChI=1S/C23H25N3O4/c1-14-10-11-19(30-14)23(4)20(28)26(21(29)24-23)13-15(27)12-18-22(2,3)16-8-6-7-9-17(16)25(18)5/h6-12H,13H2,1-5H3,(H,24,29)/b18-12-. The van der Waals surface area contributed by atoms with E-state index < -0.39 is 17.5 Å². The Morgan fingerprint density at radius 2 is 1.83 bits per heavy atom. The molecule has 7 nitrogen and oxygen atoms in total. The maximum atomic E-state index is 13.0. The summed E-state index contributed by atoms with van der Waals surface area (Å²) < 4.78 is 5.56. The number of hydrogen-bond acceptors (Lipinski definition) is 5. The van der Waals surface area contributed by atoms with Crippen LogP contribution >= 0.6 is 0 Å². The average Bonchev–Trinajstić information content (AvgIpc) is 3.28. The molecular formula is C23H25N3O4. The number of ketones is 1. The first-order valence-corrected chi connectivity index (χ1v) is 9.85. The number of urea groups is 1. The largest absolute Gasteiger partial charge is 0.463 e. The summed E-state index contributed by atoms with van der Waals surface area (Å²) in [6, 6.07) is 10.8. The van der Waals surface area contributed by atoms with Gasteiger partial charge in [-0.05, 0) is 37.6 Å². The molecule has 0 saturated carbocycles. The minimum absolute atomic E-state index is 0.318. The lowest BCUT2D eigenvalue weighted by Gasteiger charge is -2.24. The van der Waals surface area contributed by atoms with E-state index in [1.807, 2.05) is 36.2 Å². The lowest BCUT2D eigenvalue weighted by Crippen LogP contribution is -2.41. The van der Waals surface area contributed by atoms with Gasteiger partial charge < -0.3 is 14.6 Å². The number of imide groups is 1. The first kappa shape index (κ1) is 19.9. The minimum Gasteiger partial charge on any atom is -0.463 e. The summed E-state index contributed by atoms with van der Waals surface area (Å²) in [7, 11) is 1.91. The number of likely N-dealkylation sites (N-methyl/N-ethyl adjacent to an activating group) is 1. The third kappa shape index (κ3) is 2.84. The van der Waals surface area contributed by atoms with Gasteiger partial charge in [-0.2, -0.15) is 0 Å². The van der Waals surface area contributed by atoms with Crippen molar-refractivity contribution in [2.45, 2.75) is 38.6 Å². The van der Waals surface area contributed by atoms with Gasteiger partial charge in [-0.3, -0.25) is 14.5 Å². The quantitative estimate of drug-likeness (QED) is 0.622. The molecule has 0 aliphatic carbocycles. The summed E-state index contributed by atoms with van der Waals surface area (Å²) in [5.41, 5.74) is 1.31. The van der Waals surface area contributed by atoms with Crippen LogP contribution in [0, 0.1) is 6.92 Å². The molecule has 3 heterocycles. The summed E-state index contributed by atoms with van der Waals surface area (Å²) in [4.78, 5) is 41.3. The van der Waals surface area contributed by atoms with Crippen LogP contribution in [0.25, 0.3) is 0 Å². The van der Waals surface area contributed by atoms with Gasteiger partial charge in [-0.25, -0.2) is 4.79 Å². The Balaban J connectivity index is 1.58. The molecule has 2 aliphatic rings. The topological polar surface area (TPSA) is 82.9 Å². The van der Waals surface area contributed by atoms with E-state index in [9.17, 15) is 14.4 Å². The van der Waals surface area contributed by atoms with E-state index in [1.165, 1.54) is 6.08 Å². The van der Waals surface area contributed by atoms with Crippen LogP contribution in [0.3, 0.4) is 0 Å². The van der Waals surface area contributed by atoms with E-state index >= 15 is 0 Å². The fourth-order valence-electron chi connectivity index (χ4n) is 4.32. The molecule has 156 valence electrons. The van der Waals surface area contributed by atoms with E-state index in [1.54, 1.807) is 26.0 Å². The van der Waals surface area contributed by atoms with Crippen molar-refractivity contribution in [2.24, 2.45) is 0 Å². The minimum atomic E-state index is -1.32. The highest BCUT2D eigenvalue weighted by atomic mass is 16.3. The smallest absolute Gasteiger partial charge is 0.325 e. The number of anilines is 1. The summed E-state index contributed by atoms with van der Waals surface area (Å²) >= 11 is 0. The van der Waals surface area contributed by atoms with Crippen LogP contribution in [0.5, 0.6) is 0 Å². The van der Waals surface area contributed by atoms with Crippen LogP contribution in [0.15, 0.2) is 52.6 Å². The molecule has 30 heavy (non-hydrogen) atoms. The third-order valence-electron chi connectivity index (χ3n) is 6.06. The fraction of sp³-hybridized carbons (Fsp3) is 0.348. The second kappa shape index (κ2) is 6.58. The van der Waals surface area contributed by atoms with Crippen molar-refractivity contribution in [2.75, 3.05) is 18.5 Å². The number of para-hydroxylation sites is 1. The second-order valence-corrected chi connectivity index (χ2v) is 8.55. The monoisotopic (exact) mass is 407 g/mol. The average molecular weight is 407 g/mol. The van der Waals surface area contributed by atoms with Gasteiger partial charge in [0.25, 0.3) is 5.91 Å². The van der Waals surface area contributed by atoms with E-state index in [0.717, 1.165) is 21.8 Å². The van der Waals surface area contributed by atoms with Gasteiger partial charge in [0.15, 0.2) is 11.3 Å². The molecule has 2 aromatic rings. The normalized spacial score (nSPS) is 23.8. The van der Waals surface area contributed by atoms with E-state index in [2.05, 4.69) is 19.2 Å². The molecule has 0 radical (unpaired) electrons. The zero-order valence-electron chi connectivity index (χ0n) is 17.8. The fourth-order valence-corrected chi connectivity index (χ4v) is 4.32. The van der Waals surface area contributed by atoms with Crippen LogP contribution in [0.1, 0.15) is 37.9 Å². The molecule has 7 heteroatoms. The number of benzene rings is 1. The molecule has 4 rings (SSSR count).